The van der Waals surface area contributed by atoms with Crippen LogP contribution in [0, 0.1) is 0 Å². The lowest BCUT2D eigenvalue weighted by Gasteiger charge is -1.90. The number of hydrogen-bond donors (Lipinski definition) is 0. The number of hydrogen-bond acceptors (Lipinski definition) is 5. The van der Waals surface area contributed by atoms with Crippen molar-refractivity contribution in [2.45, 2.75) is 6.42 Å². The van der Waals surface area contributed by atoms with Crippen LogP contribution in [0.3, 0.4) is 0 Å². The Labute approximate surface area is 96.2 Å². The first-order valence-electron chi connectivity index (χ1n) is 4.49. The summed E-state index contributed by atoms with van der Waals surface area (Å²) in [6.45, 7) is 0.419. The molecule has 1 rings (SSSR count). The molecule has 0 bridgehead atoms. The van der Waals surface area contributed by atoms with Crippen molar-refractivity contribution < 1.29 is 9.53 Å². The van der Waals surface area contributed by atoms with Crippen molar-refractivity contribution in [3.05, 3.63) is 32.6 Å². The summed E-state index contributed by atoms with van der Waals surface area (Å²) >= 11 is 1.25. The molecule has 1 aromatic rings. The van der Waals surface area contributed by atoms with Crippen molar-refractivity contribution in [2.75, 3.05) is 13.7 Å². The van der Waals surface area contributed by atoms with Crippen LogP contribution in [0.5, 0.6) is 0 Å². The summed E-state index contributed by atoms with van der Waals surface area (Å²) in [7, 11) is 1.33. The first-order valence-corrected chi connectivity index (χ1v) is 5.31. The number of thiazole rings is 1. The Morgan fingerprint density at radius 3 is 3.31 bits per heavy atom. The van der Waals surface area contributed by atoms with Gasteiger partial charge in [-0.3, -0.25) is 0 Å². The molecular weight excluding hydrogens is 228 g/mol. The quantitative estimate of drug-likeness (QED) is 0.260. The highest BCUT2D eigenvalue weighted by molar-refractivity contribution is 7.14. The van der Waals surface area contributed by atoms with E-state index >= 15 is 0 Å². The average Bonchev–Trinajstić information content (AvgIpc) is 2.76. The molecule has 16 heavy (non-hydrogen) atoms. The smallest absolute Gasteiger partial charge is 0.349 e. The van der Waals surface area contributed by atoms with Gasteiger partial charge in [0.25, 0.3) is 0 Å². The molecule has 0 aromatic carbocycles. The molecule has 0 saturated carbocycles. The van der Waals surface area contributed by atoms with Gasteiger partial charge in [0, 0.05) is 11.5 Å². The maximum absolute atomic E-state index is 11.1. The minimum atomic E-state index is -0.383. The molecule has 0 spiro atoms. The standard InChI is InChI=1S/C9H10N4O2S/c1-15-9(14)7-6-11-8(16-7)4-2-3-5-12-13-10/h2,4,6H,3,5H2,1H3. The number of ether oxygens (including phenoxy) is 1. The zero-order chi connectivity index (χ0) is 11.8. The van der Waals surface area contributed by atoms with E-state index in [4.69, 9.17) is 5.53 Å². The molecule has 0 aliphatic rings. The second-order valence-corrected chi connectivity index (χ2v) is 3.76. The number of esters is 1. The van der Waals surface area contributed by atoms with Gasteiger partial charge in [0.1, 0.15) is 9.88 Å². The van der Waals surface area contributed by atoms with Gasteiger partial charge in [0.15, 0.2) is 0 Å². The lowest BCUT2D eigenvalue weighted by atomic mass is 10.4. The van der Waals surface area contributed by atoms with Crippen molar-refractivity contribution in [2.24, 2.45) is 5.11 Å². The zero-order valence-electron chi connectivity index (χ0n) is 8.66. The molecule has 0 N–H and O–H groups in total. The number of nitrogens with zero attached hydrogens (tertiary/aromatic N) is 4. The predicted molar refractivity (Wildman–Crippen MR) is 61.1 cm³/mol. The predicted octanol–water partition coefficient (Wildman–Crippen LogP) is 2.64. The number of azide groups is 1. The number of aromatic nitrogens is 1. The van der Waals surface area contributed by atoms with Crippen LogP contribution in [0.15, 0.2) is 17.4 Å². The summed E-state index contributed by atoms with van der Waals surface area (Å²) in [6, 6.07) is 0. The van der Waals surface area contributed by atoms with Crippen molar-refractivity contribution in [1.29, 1.82) is 0 Å². The third-order valence-electron chi connectivity index (χ3n) is 1.63. The van der Waals surface area contributed by atoms with Crippen molar-refractivity contribution in [3.63, 3.8) is 0 Å². The molecule has 0 unspecified atom stereocenters. The SMILES string of the molecule is COC(=O)c1cnc(C=CCCN=[N+]=[N-])s1. The molecular formula is C9H10N4O2S. The molecule has 0 aliphatic heterocycles. The number of rotatable bonds is 5. The fraction of sp³-hybridized carbons (Fsp3) is 0.333. The summed E-state index contributed by atoms with van der Waals surface area (Å²) in [5.74, 6) is -0.383. The number of methoxy groups -OCH3 is 1. The van der Waals surface area contributed by atoms with E-state index in [1.54, 1.807) is 6.08 Å². The normalized spacial score (nSPS) is 10.1. The number of carbonyl (C=O) groups excluding carboxylic acids is 1. The third-order valence-corrected chi connectivity index (χ3v) is 2.57. The van der Waals surface area contributed by atoms with Crippen LogP contribution in [0.1, 0.15) is 21.1 Å². The molecule has 6 nitrogen and oxygen atoms in total. The monoisotopic (exact) mass is 238 g/mol. The maximum atomic E-state index is 11.1. The lowest BCUT2D eigenvalue weighted by Crippen LogP contribution is -1.96. The summed E-state index contributed by atoms with van der Waals surface area (Å²) in [5, 5.41) is 4.11. The zero-order valence-corrected chi connectivity index (χ0v) is 9.48. The van der Waals surface area contributed by atoms with Crippen LogP contribution in [-0.2, 0) is 4.74 Å². The third kappa shape index (κ3) is 3.72. The topological polar surface area (TPSA) is 88.0 Å². The largest absolute Gasteiger partial charge is 0.465 e. The van der Waals surface area contributed by atoms with Crippen LogP contribution in [0.2, 0.25) is 0 Å². The van der Waals surface area contributed by atoms with Crippen LogP contribution >= 0.6 is 11.3 Å². The van der Waals surface area contributed by atoms with E-state index in [0.29, 0.717) is 17.8 Å². The van der Waals surface area contributed by atoms with Gasteiger partial charge < -0.3 is 4.74 Å². The molecule has 84 valence electrons. The minimum Gasteiger partial charge on any atom is -0.465 e. The molecule has 1 heterocycles. The molecule has 0 saturated heterocycles. The van der Waals surface area contributed by atoms with Gasteiger partial charge in [-0.25, -0.2) is 9.78 Å². The number of carbonyl (C=O) groups is 1. The average molecular weight is 238 g/mol. The highest BCUT2D eigenvalue weighted by atomic mass is 32.1. The molecule has 7 heteroatoms. The first-order chi connectivity index (χ1) is 7.77. The maximum Gasteiger partial charge on any atom is 0.349 e. The van der Waals surface area contributed by atoms with E-state index in [-0.39, 0.29) is 5.97 Å². The van der Waals surface area contributed by atoms with Crippen LogP contribution in [-0.4, -0.2) is 24.6 Å². The summed E-state index contributed by atoms with van der Waals surface area (Å²) in [5.41, 5.74) is 8.05. The molecule has 0 radical (unpaired) electrons. The molecule has 0 aliphatic carbocycles. The van der Waals surface area contributed by atoms with Crippen molar-refractivity contribution >= 4 is 23.4 Å². The fourth-order valence-corrected chi connectivity index (χ4v) is 1.69. The van der Waals surface area contributed by atoms with Gasteiger partial charge in [-0.15, -0.1) is 11.3 Å². The highest BCUT2D eigenvalue weighted by Gasteiger charge is 2.08. The van der Waals surface area contributed by atoms with E-state index in [1.165, 1.54) is 24.6 Å². The van der Waals surface area contributed by atoms with Gasteiger partial charge >= 0.3 is 5.97 Å². The fourth-order valence-electron chi connectivity index (χ4n) is 0.921. The Morgan fingerprint density at radius 2 is 2.62 bits per heavy atom. The van der Waals surface area contributed by atoms with E-state index in [2.05, 4.69) is 19.7 Å². The first kappa shape index (κ1) is 12.2. The Bertz CT molecular complexity index is 434. The Kier molecular flexibility index (Phi) is 5.04. The van der Waals surface area contributed by atoms with Crippen molar-refractivity contribution in [1.82, 2.24) is 4.98 Å². The van der Waals surface area contributed by atoms with E-state index in [9.17, 15) is 4.79 Å². The van der Waals surface area contributed by atoms with Crippen LogP contribution in [0.4, 0.5) is 0 Å². The van der Waals surface area contributed by atoms with Gasteiger partial charge in [0.2, 0.25) is 0 Å². The molecule has 0 atom stereocenters. The van der Waals surface area contributed by atoms with Gasteiger partial charge in [-0.2, -0.15) is 0 Å². The van der Waals surface area contributed by atoms with E-state index in [0.717, 1.165) is 5.01 Å². The summed E-state index contributed by atoms with van der Waals surface area (Å²) in [4.78, 5) is 18.2. The van der Waals surface area contributed by atoms with E-state index in [1.807, 2.05) is 6.08 Å². The summed E-state index contributed by atoms with van der Waals surface area (Å²) < 4.78 is 4.56. The van der Waals surface area contributed by atoms with Gasteiger partial charge in [-0.05, 0) is 18.0 Å². The minimum absolute atomic E-state index is 0.383. The second-order valence-electron chi connectivity index (χ2n) is 2.70. The highest BCUT2D eigenvalue weighted by Crippen LogP contribution is 2.15. The summed E-state index contributed by atoms with van der Waals surface area (Å²) in [6.07, 6.45) is 5.75. The Hall–Kier alpha value is -1.85. The lowest BCUT2D eigenvalue weighted by molar-refractivity contribution is 0.0606. The Morgan fingerprint density at radius 1 is 1.81 bits per heavy atom. The Balaban J connectivity index is 2.51. The van der Waals surface area contributed by atoms with E-state index < -0.39 is 0 Å². The molecule has 1 aromatic heterocycles. The molecule has 0 amide bonds. The molecule has 0 fully saturated rings. The van der Waals surface area contributed by atoms with Crippen LogP contribution in [0.25, 0.3) is 16.5 Å². The van der Waals surface area contributed by atoms with Gasteiger partial charge in [-0.1, -0.05) is 11.2 Å². The van der Waals surface area contributed by atoms with Crippen molar-refractivity contribution in [3.8, 4) is 0 Å². The van der Waals surface area contributed by atoms with Crippen LogP contribution < -0.4 is 0 Å². The second kappa shape index (κ2) is 6.60. The van der Waals surface area contributed by atoms with Gasteiger partial charge in [0.05, 0.1) is 13.3 Å².